The van der Waals surface area contributed by atoms with Crippen LogP contribution in [0.1, 0.15) is 28.4 Å². The van der Waals surface area contributed by atoms with Crippen molar-refractivity contribution in [1.82, 2.24) is 0 Å². The van der Waals surface area contributed by atoms with Crippen molar-refractivity contribution in [2.75, 3.05) is 17.2 Å². The van der Waals surface area contributed by atoms with E-state index < -0.39 is 5.97 Å². The van der Waals surface area contributed by atoms with E-state index in [1.54, 1.807) is 43.3 Å². The second-order valence-corrected chi connectivity index (χ2v) is 5.46. The molecule has 142 valence electrons. The van der Waals surface area contributed by atoms with E-state index in [0.29, 0.717) is 28.1 Å². The number of hydrogen-bond acceptors (Lipinski definition) is 6. The van der Waals surface area contributed by atoms with Gasteiger partial charge in [0.15, 0.2) is 0 Å². The number of hydrazone groups is 1. The Morgan fingerprint density at radius 1 is 1.25 bits per heavy atom. The van der Waals surface area contributed by atoms with E-state index >= 15 is 0 Å². The highest BCUT2D eigenvalue weighted by molar-refractivity contribution is 6.05. The molecule has 0 atom stereocenters. The van der Waals surface area contributed by atoms with Crippen molar-refractivity contribution < 1.29 is 14.3 Å². The van der Waals surface area contributed by atoms with Gasteiger partial charge in [0.1, 0.15) is 6.34 Å². The molecule has 0 aliphatic heterocycles. The van der Waals surface area contributed by atoms with Crippen LogP contribution in [-0.2, 0) is 9.53 Å². The normalized spacial score (nSPS) is 10.6. The molecule has 2 aromatic carbocycles. The third-order valence-corrected chi connectivity index (χ3v) is 3.55. The van der Waals surface area contributed by atoms with Crippen LogP contribution in [0.4, 0.5) is 11.4 Å². The molecular weight excluding hydrogens is 358 g/mol. The van der Waals surface area contributed by atoms with E-state index in [0.717, 1.165) is 0 Å². The van der Waals surface area contributed by atoms with Crippen LogP contribution in [0.25, 0.3) is 6.08 Å². The van der Waals surface area contributed by atoms with Crippen LogP contribution in [0.5, 0.6) is 0 Å². The third-order valence-electron chi connectivity index (χ3n) is 3.55. The minimum Gasteiger partial charge on any atom is -0.463 e. The van der Waals surface area contributed by atoms with Gasteiger partial charge in [-0.15, -0.1) is 0 Å². The smallest absolute Gasteiger partial charge is 0.330 e. The maximum absolute atomic E-state index is 12.5. The van der Waals surface area contributed by atoms with Gasteiger partial charge in [-0.2, -0.15) is 10.4 Å². The van der Waals surface area contributed by atoms with Crippen molar-refractivity contribution in [2.45, 2.75) is 6.92 Å². The number of carbonyl (C=O) groups is 2. The van der Waals surface area contributed by atoms with Crippen molar-refractivity contribution in [1.29, 1.82) is 5.26 Å². The molecule has 0 radical (unpaired) electrons. The number of anilines is 2. The molecule has 8 nitrogen and oxygen atoms in total. The van der Waals surface area contributed by atoms with E-state index in [1.165, 1.54) is 24.6 Å². The van der Waals surface area contributed by atoms with Gasteiger partial charge in [0.05, 0.1) is 18.2 Å². The first-order valence-corrected chi connectivity index (χ1v) is 8.36. The van der Waals surface area contributed by atoms with Gasteiger partial charge >= 0.3 is 5.97 Å². The summed E-state index contributed by atoms with van der Waals surface area (Å²) in [5.74, 6) is 4.21. The maximum Gasteiger partial charge on any atom is 0.330 e. The predicted molar refractivity (Wildman–Crippen MR) is 108 cm³/mol. The molecule has 2 aromatic rings. The molecule has 0 unspecified atom stereocenters. The SMILES string of the molecule is CCOC(=O)C=Cc1ccc(NC(=O)c2cccc(NC=NN)c2)cc1C#N. The Morgan fingerprint density at radius 2 is 2.07 bits per heavy atom. The number of benzene rings is 2. The van der Waals surface area contributed by atoms with Gasteiger partial charge in [-0.25, -0.2) is 4.79 Å². The molecule has 4 N–H and O–H groups in total. The van der Waals surface area contributed by atoms with E-state index in [-0.39, 0.29) is 12.5 Å². The van der Waals surface area contributed by atoms with E-state index in [4.69, 9.17) is 10.6 Å². The molecule has 0 aliphatic rings. The summed E-state index contributed by atoms with van der Waals surface area (Å²) in [5, 5.41) is 18.2. The zero-order valence-electron chi connectivity index (χ0n) is 15.2. The van der Waals surface area contributed by atoms with Crippen LogP contribution in [0, 0.1) is 11.3 Å². The third kappa shape index (κ3) is 5.71. The predicted octanol–water partition coefficient (Wildman–Crippen LogP) is 2.70. The zero-order valence-corrected chi connectivity index (χ0v) is 15.2. The van der Waals surface area contributed by atoms with Gasteiger partial charge in [0.25, 0.3) is 5.91 Å². The Hall–Kier alpha value is -4.12. The first kappa shape index (κ1) is 20.2. The Kier molecular flexibility index (Phi) is 7.31. The van der Waals surface area contributed by atoms with Crippen molar-refractivity contribution in [3.8, 4) is 6.07 Å². The van der Waals surface area contributed by atoms with Gasteiger partial charge < -0.3 is 21.2 Å². The quantitative estimate of drug-likeness (QED) is 0.170. The highest BCUT2D eigenvalue weighted by Crippen LogP contribution is 2.18. The highest BCUT2D eigenvalue weighted by atomic mass is 16.5. The second kappa shape index (κ2) is 10.1. The van der Waals surface area contributed by atoms with Crippen molar-refractivity contribution in [3.05, 3.63) is 65.2 Å². The lowest BCUT2D eigenvalue weighted by Gasteiger charge is -2.08. The second-order valence-electron chi connectivity index (χ2n) is 5.46. The van der Waals surface area contributed by atoms with Crippen LogP contribution in [0.3, 0.4) is 0 Å². The summed E-state index contributed by atoms with van der Waals surface area (Å²) in [5.41, 5.74) is 2.38. The first-order chi connectivity index (χ1) is 13.6. The number of amides is 1. The van der Waals surface area contributed by atoms with Gasteiger partial charge in [-0.05, 0) is 48.9 Å². The standard InChI is InChI=1S/C20H19N5O3/c1-2-28-19(26)9-7-14-6-8-18(11-16(14)12-21)25-20(27)15-4-3-5-17(10-15)23-13-24-22/h3-11,13H,2,22H2,1H3,(H,23,24)(H,25,27). The van der Waals surface area contributed by atoms with Crippen LogP contribution >= 0.6 is 0 Å². The van der Waals surface area contributed by atoms with E-state index in [9.17, 15) is 14.9 Å². The lowest BCUT2D eigenvalue weighted by atomic mass is 10.1. The number of nitriles is 1. The number of esters is 1. The molecule has 2 rings (SSSR count). The number of rotatable bonds is 7. The Bertz CT molecular complexity index is 961. The summed E-state index contributed by atoms with van der Waals surface area (Å²) < 4.78 is 4.81. The molecule has 0 fully saturated rings. The minimum atomic E-state index is -0.489. The number of hydrogen-bond donors (Lipinski definition) is 3. The molecule has 0 spiro atoms. The van der Waals surface area contributed by atoms with Gasteiger partial charge in [-0.3, -0.25) is 4.79 Å². The fourth-order valence-electron chi connectivity index (χ4n) is 2.29. The fourth-order valence-corrected chi connectivity index (χ4v) is 2.29. The van der Waals surface area contributed by atoms with Crippen molar-refractivity contribution in [2.24, 2.45) is 10.9 Å². The Morgan fingerprint density at radius 3 is 2.79 bits per heavy atom. The van der Waals surface area contributed by atoms with Crippen molar-refractivity contribution in [3.63, 3.8) is 0 Å². The molecule has 0 saturated heterocycles. The highest BCUT2D eigenvalue weighted by Gasteiger charge is 2.09. The monoisotopic (exact) mass is 377 g/mol. The van der Waals surface area contributed by atoms with Crippen LogP contribution in [0.15, 0.2) is 53.6 Å². The molecule has 0 saturated carbocycles. The molecule has 28 heavy (non-hydrogen) atoms. The van der Waals surface area contributed by atoms with Crippen LogP contribution in [-0.4, -0.2) is 24.8 Å². The molecule has 1 amide bonds. The largest absolute Gasteiger partial charge is 0.463 e. The molecule has 0 aliphatic carbocycles. The number of nitrogens with one attached hydrogen (secondary N) is 2. The number of nitrogens with two attached hydrogens (primary N) is 1. The van der Waals surface area contributed by atoms with E-state index in [1.807, 2.05) is 6.07 Å². The molecule has 0 heterocycles. The lowest BCUT2D eigenvalue weighted by molar-refractivity contribution is -0.137. The summed E-state index contributed by atoms with van der Waals surface area (Å²) in [4.78, 5) is 23.9. The van der Waals surface area contributed by atoms with Gasteiger partial charge in [0.2, 0.25) is 0 Å². The number of nitrogens with zero attached hydrogens (tertiary/aromatic N) is 2. The molecule has 0 aromatic heterocycles. The average Bonchev–Trinajstić information content (AvgIpc) is 2.71. The summed E-state index contributed by atoms with van der Waals surface area (Å²) in [6.07, 6.45) is 4.05. The summed E-state index contributed by atoms with van der Waals surface area (Å²) >= 11 is 0. The maximum atomic E-state index is 12.5. The number of carbonyl (C=O) groups excluding carboxylic acids is 2. The average molecular weight is 377 g/mol. The minimum absolute atomic E-state index is 0.273. The number of ether oxygens (including phenoxy) is 1. The molecular formula is C20H19N5O3. The zero-order chi connectivity index (χ0) is 20.4. The first-order valence-electron chi connectivity index (χ1n) is 8.36. The van der Waals surface area contributed by atoms with Crippen LogP contribution < -0.4 is 16.5 Å². The summed E-state index contributed by atoms with van der Waals surface area (Å²) in [6, 6.07) is 13.6. The summed E-state index contributed by atoms with van der Waals surface area (Å²) in [6.45, 7) is 1.98. The lowest BCUT2D eigenvalue weighted by Crippen LogP contribution is -2.12. The fraction of sp³-hybridized carbons (Fsp3) is 0.100. The van der Waals surface area contributed by atoms with Crippen molar-refractivity contribution >= 4 is 35.7 Å². The molecule has 0 bridgehead atoms. The summed E-state index contributed by atoms with van der Waals surface area (Å²) in [7, 11) is 0. The van der Waals surface area contributed by atoms with E-state index in [2.05, 4.69) is 15.7 Å². The Labute approximate surface area is 162 Å². The van der Waals surface area contributed by atoms with Crippen LogP contribution in [0.2, 0.25) is 0 Å². The topological polar surface area (TPSA) is 130 Å². The van der Waals surface area contributed by atoms with Gasteiger partial charge in [0, 0.05) is 23.0 Å². The Balaban J connectivity index is 2.15. The van der Waals surface area contributed by atoms with Gasteiger partial charge in [-0.1, -0.05) is 12.1 Å². The molecule has 8 heteroatoms.